The molecule has 1 aromatic rings. The molecule has 0 saturated heterocycles. The quantitative estimate of drug-likeness (QED) is 0.295. The molecule has 0 aromatic heterocycles. The maximum Gasteiger partial charge on any atom is 0.257 e. The molecule has 3 aliphatic carbocycles. The fourth-order valence-corrected chi connectivity index (χ4v) is 6.70. The molecule has 0 aliphatic heterocycles. The molecule has 1 aromatic carbocycles. The number of likely N-dealkylation sites (N-methyl/N-ethyl adjacent to an activating group) is 1. The highest BCUT2D eigenvalue weighted by molar-refractivity contribution is 6.24. The van der Waals surface area contributed by atoms with Gasteiger partial charge in [0.2, 0.25) is 5.78 Å². The summed E-state index contributed by atoms with van der Waals surface area (Å²) in [7, 11) is 6.60. The summed E-state index contributed by atoms with van der Waals surface area (Å²) in [4.78, 5) is 57.7. The van der Waals surface area contributed by atoms with Crippen molar-refractivity contribution in [1.29, 1.82) is 0 Å². The number of carbonyl (C=O) groups excluding carboxylic acids is 4. The number of hydrogen-bond acceptors (Lipinski definition) is 10. The number of aliphatic hydroxyl groups is 3. The lowest BCUT2D eigenvalue weighted by molar-refractivity contribution is -0.153. The number of rotatable bonds is 7. The number of phenols is 1. The molecule has 12 heteroatoms. The highest BCUT2D eigenvalue weighted by atomic mass is 16.3. The van der Waals surface area contributed by atoms with E-state index in [-0.39, 0.29) is 29.5 Å². The molecule has 222 valence electrons. The smallest absolute Gasteiger partial charge is 0.257 e. The van der Waals surface area contributed by atoms with Crippen molar-refractivity contribution in [2.75, 3.05) is 46.2 Å². The Labute approximate surface area is 238 Å². The third-order valence-corrected chi connectivity index (χ3v) is 8.57. The van der Waals surface area contributed by atoms with E-state index in [0.717, 1.165) is 0 Å². The van der Waals surface area contributed by atoms with E-state index >= 15 is 0 Å². The minimum Gasteiger partial charge on any atom is -0.508 e. The maximum absolute atomic E-state index is 14.1. The van der Waals surface area contributed by atoms with E-state index in [0.29, 0.717) is 30.8 Å². The Morgan fingerprint density at radius 2 is 1.73 bits per heavy atom. The summed E-state index contributed by atoms with van der Waals surface area (Å²) in [6.45, 7) is 4.57. The summed E-state index contributed by atoms with van der Waals surface area (Å²) < 4.78 is 0. The highest BCUT2D eigenvalue weighted by Crippen LogP contribution is 2.54. The second kappa shape index (κ2) is 10.5. The van der Waals surface area contributed by atoms with Crippen LogP contribution in [0.5, 0.6) is 5.75 Å². The van der Waals surface area contributed by atoms with Gasteiger partial charge in [0.05, 0.1) is 17.2 Å². The van der Waals surface area contributed by atoms with Gasteiger partial charge in [0.25, 0.3) is 11.8 Å². The van der Waals surface area contributed by atoms with Gasteiger partial charge in [0.15, 0.2) is 11.4 Å². The number of hydrogen-bond donors (Lipinski definition) is 5. The molecule has 0 heterocycles. The number of nitrogens with zero attached hydrogens (tertiary/aromatic N) is 3. The van der Waals surface area contributed by atoms with Gasteiger partial charge in [-0.1, -0.05) is 6.92 Å². The molecule has 6 N–H and O–H groups in total. The normalized spacial score (nSPS) is 25.6. The standard InChI is InChI=1S/C29H38N4O8/c1-7-9-33(8-2)28(40)15-12-17(31(3)4)14-10-13-11-16-21(32(5)6)24(36)20(27(30)39)26(38)29(16,41)25(37)18(13)23(35)19(14)22(15)34/h12-13,16,21,34-35,38,41H,7-11H2,1-6H3,(H2,30,39)/t13-,16-,21-,29-/m0/s1. The van der Waals surface area contributed by atoms with Crippen LogP contribution in [0.3, 0.4) is 0 Å². The van der Waals surface area contributed by atoms with Crippen LogP contribution in [0.15, 0.2) is 23.0 Å². The SMILES string of the molecule is CCCN(CC)C(=O)c1cc(N(C)C)c2c(c1O)C(O)=C1C(=O)[C@]3(O)C(O)=C(C(N)=O)C(=O)[C@@H](N(C)C)[C@@H]3C[C@@H]1C2. The van der Waals surface area contributed by atoms with E-state index in [2.05, 4.69) is 0 Å². The molecular formula is C29H38N4O8. The third kappa shape index (κ3) is 4.27. The van der Waals surface area contributed by atoms with Crippen molar-refractivity contribution in [1.82, 2.24) is 9.80 Å². The van der Waals surface area contributed by atoms with Gasteiger partial charge >= 0.3 is 0 Å². The van der Waals surface area contributed by atoms with Crippen molar-refractivity contribution in [2.45, 2.75) is 44.8 Å². The lowest BCUT2D eigenvalue weighted by Gasteiger charge is -2.50. The van der Waals surface area contributed by atoms with Crippen LogP contribution in [0.4, 0.5) is 5.69 Å². The Kier molecular flexibility index (Phi) is 7.70. The number of aromatic hydroxyl groups is 1. The Bertz CT molecular complexity index is 1410. The Morgan fingerprint density at radius 1 is 1.10 bits per heavy atom. The average Bonchev–Trinajstić information content (AvgIpc) is 2.88. The predicted octanol–water partition coefficient (Wildman–Crippen LogP) is 0.902. The number of phenolic OH excluding ortho intramolecular Hbond substituents is 1. The number of nitrogens with two attached hydrogens (primary N) is 1. The average molecular weight is 571 g/mol. The first kappa shape index (κ1) is 30.1. The van der Waals surface area contributed by atoms with Crippen LogP contribution in [0.1, 0.15) is 48.2 Å². The molecule has 3 aliphatic rings. The fraction of sp³-hybridized carbons (Fsp3) is 0.517. The van der Waals surface area contributed by atoms with Gasteiger partial charge < -0.3 is 36.0 Å². The van der Waals surface area contributed by atoms with Crippen molar-refractivity contribution in [3.63, 3.8) is 0 Å². The van der Waals surface area contributed by atoms with E-state index in [1.54, 1.807) is 44.1 Å². The Hall–Kier alpha value is -3.90. The predicted molar refractivity (Wildman–Crippen MR) is 150 cm³/mol. The van der Waals surface area contributed by atoms with Crippen molar-refractivity contribution >= 4 is 34.8 Å². The van der Waals surface area contributed by atoms with Crippen LogP contribution < -0.4 is 10.6 Å². The second-order valence-corrected chi connectivity index (χ2v) is 11.4. The van der Waals surface area contributed by atoms with Gasteiger partial charge in [-0.15, -0.1) is 0 Å². The molecule has 0 spiro atoms. The van der Waals surface area contributed by atoms with Crippen molar-refractivity contribution in [2.24, 2.45) is 17.6 Å². The number of benzene rings is 1. The summed E-state index contributed by atoms with van der Waals surface area (Å²) in [5.41, 5.74) is 2.40. The number of amides is 2. The van der Waals surface area contributed by atoms with Gasteiger partial charge in [-0.3, -0.25) is 24.1 Å². The Morgan fingerprint density at radius 3 is 2.24 bits per heavy atom. The van der Waals surface area contributed by atoms with E-state index in [1.807, 2.05) is 13.8 Å². The minimum absolute atomic E-state index is 0.0137. The van der Waals surface area contributed by atoms with Crippen molar-refractivity contribution in [3.8, 4) is 5.75 Å². The largest absolute Gasteiger partial charge is 0.508 e. The summed E-state index contributed by atoms with van der Waals surface area (Å²) >= 11 is 0. The molecule has 0 bridgehead atoms. The number of aliphatic hydroxyl groups excluding tert-OH is 2. The lowest BCUT2D eigenvalue weighted by atomic mass is 9.57. The monoisotopic (exact) mass is 570 g/mol. The van der Waals surface area contributed by atoms with Crippen LogP contribution in [-0.2, 0) is 20.8 Å². The van der Waals surface area contributed by atoms with Gasteiger partial charge in [-0.2, -0.15) is 0 Å². The number of Topliss-reactive ketones (excluding diaryl/α,β-unsaturated/α-hetero) is 2. The van der Waals surface area contributed by atoms with Crippen LogP contribution >= 0.6 is 0 Å². The molecule has 1 fully saturated rings. The fourth-order valence-electron chi connectivity index (χ4n) is 6.70. The topological polar surface area (TPSA) is 185 Å². The first-order valence-corrected chi connectivity index (χ1v) is 13.6. The third-order valence-electron chi connectivity index (χ3n) is 8.57. The van der Waals surface area contributed by atoms with Gasteiger partial charge in [-0.05, 0) is 57.8 Å². The molecule has 0 unspecified atom stereocenters. The number of primary amides is 1. The summed E-state index contributed by atoms with van der Waals surface area (Å²) in [5, 5.41) is 45.7. The molecule has 12 nitrogen and oxygen atoms in total. The van der Waals surface area contributed by atoms with Crippen LogP contribution in [-0.4, -0.2) is 107 Å². The molecular weight excluding hydrogens is 532 g/mol. The maximum atomic E-state index is 14.1. The summed E-state index contributed by atoms with van der Waals surface area (Å²) in [5.74, 6) is -7.79. The number of ketones is 2. The van der Waals surface area contributed by atoms with Crippen molar-refractivity contribution in [3.05, 3.63) is 39.7 Å². The first-order valence-electron chi connectivity index (χ1n) is 13.6. The number of carbonyl (C=O) groups is 4. The molecule has 1 saturated carbocycles. The number of fused-ring (bicyclic) bond motifs is 3. The van der Waals surface area contributed by atoms with Crippen LogP contribution in [0, 0.1) is 11.8 Å². The number of anilines is 1. The minimum atomic E-state index is -2.72. The highest BCUT2D eigenvalue weighted by Gasteiger charge is 2.64. The summed E-state index contributed by atoms with van der Waals surface area (Å²) in [6, 6.07) is 0.405. The van der Waals surface area contributed by atoms with Gasteiger partial charge in [-0.25, -0.2) is 0 Å². The molecule has 0 radical (unpaired) electrons. The zero-order valence-electron chi connectivity index (χ0n) is 24.2. The molecule has 4 rings (SSSR count). The molecule has 4 atom stereocenters. The second-order valence-electron chi connectivity index (χ2n) is 11.4. The van der Waals surface area contributed by atoms with Crippen LogP contribution in [0.2, 0.25) is 0 Å². The van der Waals surface area contributed by atoms with Crippen molar-refractivity contribution < 1.29 is 39.6 Å². The zero-order chi connectivity index (χ0) is 30.7. The van der Waals surface area contributed by atoms with E-state index in [1.165, 1.54) is 4.90 Å². The van der Waals surface area contributed by atoms with E-state index in [4.69, 9.17) is 5.73 Å². The molecule has 41 heavy (non-hydrogen) atoms. The van der Waals surface area contributed by atoms with Gasteiger partial charge in [0.1, 0.15) is 22.8 Å². The summed E-state index contributed by atoms with van der Waals surface area (Å²) in [6.07, 6.45) is 0.814. The lowest BCUT2D eigenvalue weighted by Crippen LogP contribution is -2.65. The first-order chi connectivity index (χ1) is 19.1. The molecule has 2 amide bonds. The van der Waals surface area contributed by atoms with E-state index in [9.17, 15) is 39.6 Å². The Balaban J connectivity index is 1.99. The van der Waals surface area contributed by atoms with E-state index < -0.39 is 69.7 Å². The zero-order valence-corrected chi connectivity index (χ0v) is 24.2. The van der Waals surface area contributed by atoms with Gasteiger partial charge in [0, 0.05) is 44.4 Å². The van der Waals surface area contributed by atoms with Crippen LogP contribution in [0.25, 0.3) is 5.76 Å².